The summed E-state index contributed by atoms with van der Waals surface area (Å²) in [7, 11) is 0. The fourth-order valence-electron chi connectivity index (χ4n) is 0.964. The third-order valence-corrected chi connectivity index (χ3v) is 1.77. The van der Waals surface area contributed by atoms with Gasteiger partial charge in [0, 0.05) is 6.42 Å². The van der Waals surface area contributed by atoms with Crippen molar-refractivity contribution >= 4 is 5.78 Å². The maximum absolute atomic E-state index is 10.8. The highest BCUT2D eigenvalue weighted by Gasteiger charge is 2.40. The van der Waals surface area contributed by atoms with Gasteiger partial charge < -0.3 is 0 Å². The van der Waals surface area contributed by atoms with Crippen LogP contribution in [0.5, 0.6) is 0 Å². The van der Waals surface area contributed by atoms with Gasteiger partial charge in [0.25, 0.3) is 0 Å². The molecule has 44 valence electrons. The second-order valence-electron chi connectivity index (χ2n) is 2.99. The van der Waals surface area contributed by atoms with E-state index in [0.29, 0.717) is 5.78 Å². The van der Waals surface area contributed by atoms with Gasteiger partial charge in [-0.3, -0.25) is 0 Å². The van der Waals surface area contributed by atoms with Crippen molar-refractivity contribution in [3.8, 4) is 0 Å². The van der Waals surface area contributed by atoms with E-state index in [1.807, 2.05) is 13.8 Å². The molecule has 0 atom stereocenters. The summed E-state index contributed by atoms with van der Waals surface area (Å²) in [6, 6.07) is 0. The number of hydrogen-bond acceptors (Lipinski definition) is 1. The summed E-state index contributed by atoms with van der Waals surface area (Å²) in [5, 5.41) is 0. The van der Waals surface area contributed by atoms with Crippen LogP contribution < -0.4 is 0 Å². The summed E-state index contributed by atoms with van der Waals surface area (Å²) in [4.78, 5) is 10.8. The van der Waals surface area contributed by atoms with Gasteiger partial charge in [0.1, 0.15) is 6.42 Å². The van der Waals surface area contributed by atoms with Crippen LogP contribution in [0.3, 0.4) is 0 Å². The first-order valence-electron chi connectivity index (χ1n) is 3.00. The van der Waals surface area contributed by atoms with Crippen LogP contribution in [0.2, 0.25) is 0 Å². The molecule has 0 N–H and O–H groups in total. The first-order chi connectivity index (χ1) is 3.63. The Kier molecular flexibility index (Phi) is 1.07. The van der Waals surface area contributed by atoms with Crippen LogP contribution in [0.25, 0.3) is 0 Å². The van der Waals surface area contributed by atoms with Crippen molar-refractivity contribution in [2.45, 2.75) is 26.7 Å². The monoisotopic (exact) mass is 111 g/mol. The zero-order chi connectivity index (χ0) is 6.20. The summed E-state index contributed by atoms with van der Waals surface area (Å²) >= 11 is 0. The normalized spacial score (nSPS) is 25.5. The first-order valence-corrected chi connectivity index (χ1v) is 3.00. The predicted molar refractivity (Wildman–Crippen MR) is 32.3 cm³/mol. The van der Waals surface area contributed by atoms with Gasteiger partial charge in [0.05, 0.1) is 11.8 Å². The van der Waals surface area contributed by atoms with E-state index >= 15 is 0 Å². The maximum Gasteiger partial charge on any atom is 0.311 e. The van der Waals surface area contributed by atoms with Gasteiger partial charge in [0.15, 0.2) is 0 Å². The molecule has 0 spiro atoms. The van der Waals surface area contributed by atoms with Crippen molar-refractivity contribution in [2.24, 2.45) is 5.41 Å². The maximum atomic E-state index is 10.8. The summed E-state index contributed by atoms with van der Waals surface area (Å²) in [5.74, 6) is 0.317. The van der Waals surface area contributed by atoms with Crippen LogP contribution in [0.1, 0.15) is 26.7 Å². The van der Waals surface area contributed by atoms with E-state index in [1.54, 1.807) is 6.42 Å². The van der Waals surface area contributed by atoms with Gasteiger partial charge >= 0.3 is 5.78 Å². The molecule has 0 saturated heterocycles. The predicted octanol–water partition coefficient (Wildman–Crippen LogP) is 1.58. The van der Waals surface area contributed by atoms with Crippen LogP contribution in [-0.4, -0.2) is 5.78 Å². The van der Waals surface area contributed by atoms with Crippen molar-refractivity contribution in [2.75, 3.05) is 0 Å². The Morgan fingerprint density at radius 2 is 2.25 bits per heavy atom. The molecule has 0 unspecified atom stereocenters. The Morgan fingerprint density at radius 3 is 2.38 bits per heavy atom. The number of ketones is 1. The molecule has 1 aliphatic carbocycles. The average molecular weight is 111 g/mol. The van der Waals surface area contributed by atoms with Crippen molar-refractivity contribution in [1.82, 2.24) is 0 Å². The molecule has 1 aliphatic rings. The molecule has 1 nitrogen and oxygen atoms in total. The summed E-state index contributed by atoms with van der Waals surface area (Å²) in [6.07, 6.45) is 3.80. The van der Waals surface area contributed by atoms with Gasteiger partial charge in [-0.25, -0.2) is 4.79 Å². The fraction of sp³-hybridized carbons (Fsp3) is 0.714. The molecule has 0 aromatic heterocycles. The molecular formula is C7H11O+. The highest BCUT2D eigenvalue weighted by Crippen LogP contribution is 2.32. The lowest BCUT2D eigenvalue weighted by molar-refractivity contribution is -0.121. The number of carbonyl (C=O) groups excluding carboxylic acids is 1. The van der Waals surface area contributed by atoms with Crippen LogP contribution in [0.4, 0.5) is 0 Å². The SMILES string of the molecule is CC1(C)CC[CH+]C1=O. The minimum Gasteiger partial charge on any atom is -0.243 e. The zero-order valence-electron chi connectivity index (χ0n) is 5.40. The molecule has 0 aromatic rings. The molecule has 1 rings (SSSR count). The lowest BCUT2D eigenvalue weighted by atomic mass is 9.91. The number of Topliss-reactive ketones (excluding diaryl/α,β-unsaturated/α-hetero) is 1. The van der Waals surface area contributed by atoms with Gasteiger partial charge in [-0.15, -0.1) is 0 Å². The standard InChI is InChI=1S/C7H11O/c1-7(2)5-3-4-6(7)8/h4H,3,5H2,1-2H3/q+1. The van der Waals surface area contributed by atoms with Crippen molar-refractivity contribution < 1.29 is 4.79 Å². The fourth-order valence-corrected chi connectivity index (χ4v) is 0.964. The topological polar surface area (TPSA) is 17.1 Å². The smallest absolute Gasteiger partial charge is 0.243 e. The number of rotatable bonds is 0. The molecular weight excluding hydrogens is 100 g/mol. The van der Waals surface area contributed by atoms with E-state index < -0.39 is 0 Å². The summed E-state index contributed by atoms with van der Waals surface area (Å²) in [5.41, 5.74) is -0.0417. The van der Waals surface area contributed by atoms with Gasteiger partial charge in [-0.2, -0.15) is 0 Å². The van der Waals surface area contributed by atoms with Crippen molar-refractivity contribution in [3.05, 3.63) is 6.42 Å². The molecule has 0 amide bonds. The Balaban J connectivity index is 2.68. The Bertz CT molecular complexity index is 114. The second kappa shape index (κ2) is 1.51. The van der Waals surface area contributed by atoms with Gasteiger partial charge in [-0.1, -0.05) is 0 Å². The molecule has 0 bridgehead atoms. The Labute approximate surface area is 50.1 Å². The van der Waals surface area contributed by atoms with Crippen LogP contribution in [-0.2, 0) is 4.79 Å². The van der Waals surface area contributed by atoms with Gasteiger partial charge in [-0.05, 0) is 13.8 Å². The summed E-state index contributed by atoms with van der Waals surface area (Å²) in [6.45, 7) is 4.00. The van der Waals surface area contributed by atoms with Crippen molar-refractivity contribution in [3.63, 3.8) is 0 Å². The van der Waals surface area contributed by atoms with E-state index in [4.69, 9.17) is 0 Å². The van der Waals surface area contributed by atoms with E-state index in [2.05, 4.69) is 0 Å². The zero-order valence-corrected chi connectivity index (χ0v) is 5.40. The van der Waals surface area contributed by atoms with Crippen LogP contribution >= 0.6 is 0 Å². The first kappa shape index (κ1) is 5.67. The largest absolute Gasteiger partial charge is 0.311 e. The average Bonchev–Trinajstić information content (AvgIpc) is 1.86. The third-order valence-electron chi connectivity index (χ3n) is 1.77. The van der Waals surface area contributed by atoms with E-state index in [9.17, 15) is 4.79 Å². The highest BCUT2D eigenvalue weighted by molar-refractivity contribution is 5.93. The lowest BCUT2D eigenvalue weighted by Crippen LogP contribution is -2.15. The molecule has 8 heavy (non-hydrogen) atoms. The number of hydrogen-bond donors (Lipinski definition) is 0. The second-order valence-corrected chi connectivity index (χ2v) is 2.99. The van der Waals surface area contributed by atoms with E-state index in [1.165, 1.54) is 0 Å². The molecule has 0 radical (unpaired) electrons. The van der Waals surface area contributed by atoms with E-state index in [0.717, 1.165) is 12.8 Å². The molecule has 1 fully saturated rings. The summed E-state index contributed by atoms with van der Waals surface area (Å²) < 4.78 is 0. The minimum atomic E-state index is -0.0417. The molecule has 0 heterocycles. The molecule has 0 aromatic carbocycles. The Morgan fingerprint density at radius 1 is 1.62 bits per heavy atom. The van der Waals surface area contributed by atoms with Gasteiger partial charge in [0.2, 0.25) is 0 Å². The third kappa shape index (κ3) is 0.726. The molecule has 1 heteroatoms. The minimum absolute atomic E-state index is 0.0417. The Hall–Kier alpha value is -0.460. The van der Waals surface area contributed by atoms with Crippen LogP contribution in [0.15, 0.2) is 0 Å². The van der Waals surface area contributed by atoms with E-state index in [-0.39, 0.29) is 5.41 Å². The number of carbonyl (C=O) groups is 1. The van der Waals surface area contributed by atoms with Crippen molar-refractivity contribution in [1.29, 1.82) is 0 Å². The highest BCUT2D eigenvalue weighted by atomic mass is 16.1. The lowest BCUT2D eigenvalue weighted by Gasteiger charge is -2.06. The van der Waals surface area contributed by atoms with Crippen LogP contribution in [0, 0.1) is 11.8 Å². The quantitative estimate of drug-likeness (QED) is 0.434. The molecule has 0 aliphatic heterocycles. The molecule has 1 saturated carbocycles.